The lowest BCUT2D eigenvalue weighted by Gasteiger charge is -2.01. The number of fused-ring (bicyclic) bond motifs is 1. The second kappa shape index (κ2) is 6.68. The smallest absolute Gasteiger partial charge is 0.348 e. The molecule has 3 nitrogen and oxygen atoms in total. The SMILES string of the molecule is CC.Cc1ccc(Cc2nc3scc(C)c3c(=O)o2)cc1. The highest BCUT2D eigenvalue weighted by Crippen LogP contribution is 2.21. The van der Waals surface area contributed by atoms with Gasteiger partial charge in [0.15, 0.2) is 0 Å². The van der Waals surface area contributed by atoms with Crippen molar-refractivity contribution in [3.8, 4) is 0 Å². The van der Waals surface area contributed by atoms with Crippen LogP contribution in [0.25, 0.3) is 10.2 Å². The van der Waals surface area contributed by atoms with Crippen molar-refractivity contribution in [3.05, 3.63) is 62.6 Å². The highest BCUT2D eigenvalue weighted by Gasteiger charge is 2.10. The lowest BCUT2D eigenvalue weighted by molar-refractivity contribution is 0.455. The molecule has 0 aliphatic heterocycles. The molecule has 2 aromatic heterocycles. The number of rotatable bonds is 2. The summed E-state index contributed by atoms with van der Waals surface area (Å²) in [4.78, 5) is 17.1. The Bertz CT molecular complexity index is 785. The third-order valence-corrected chi connectivity index (χ3v) is 4.06. The summed E-state index contributed by atoms with van der Waals surface area (Å²) in [6, 6.07) is 8.14. The number of hydrogen-bond acceptors (Lipinski definition) is 4. The van der Waals surface area contributed by atoms with Gasteiger partial charge in [-0.15, -0.1) is 11.3 Å². The second-order valence-corrected chi connectivity index (χ2v) is 5.51. The minimum atomic E-state index is -0.286. The molecule has 110 valence electrons. The molecular weight excluding hydrogens is 282 g/mol. The van der Waals surface area contributed by atoms with Gasteiger partial charge in [-0.1, -0.05) is 43.7 Å². The van der Waals surface area contributed by atoms with Gasteiger partial charge in [-0.3, -0.25) is 0 Å². The van der Waals surface area contributed by atoms with Crippen molar-refractivity contribution < 1.29 is 4.42 Å². The summed E-state index contributed by atoms with van der Waals surface area (Å²) in [7, 11) is 0. The van der Waals surface area contributed by atoms with Crippen molar-refractivity contribution in [3.63, 3.8) is 0 Å². The van der Waals surface area contributed by atoms with Crippen LogP contribution in [0.2, 0.25) is 0 Å². The molecule has 4 heteroatoms. The number of benzene rings is 1. The predicted molar refractivity (Wildman–Crippen MR) is 88.2 cm³/mol. The van der Waals surface area contributed by atoms with Crippen LogP contribution in [0.5, 0.6) is 0 Å². The van der Waals surface area contributed by atoms with E-state index in [0.717, 1.165) is 16.0 Å². The van der Waals surface area contributed by atoms with Gasteiger partial charge in [-0.05, 0) is 30.4 Å². The van der Waals surface area contributed by atoms with E-state index in [1.54, 1.807) is 0 Å². The van der Waals surface area contributed by atoms with Gasteiger partial charge in [-0.2, -0.15) is 0 Å². The standard InChI is InChI=1S/C15H13NO2S.C2H6/c1-9-3-5-11(6-4-9)7-12-16-14-13(15(17)18-12)10(2)8-19-14;1-2/h3-6,8H,7H2,1-2H3;1-2H3. The van der Waals surface area contributed by atoms with Crippen LogP contribution in [-0.4, -0.2) is 4.98 Å². The Morgan fingerprint density at radius 3 is 2.48 bits per heavy atom. The van der Waals surface area contributed by atoms with Crippen molar-refractivity contribution in [2.45, 2.75) is 34.1 Å². The van der Waals surface area contributed by atoms with E-state index >= 15 is 0 Å². The molecule has 0 spiro atoms. The highest BCUT2D eigenvalue weighted by molar-refractivity contribution is 7.16. The number of hydrogen-bond donors (Lipinski definition) is 0. The summed E-state index contributed by atoms with van der Waals surface area (Å²) in [6.07, 6.45) is 0.544. The quantitative estimate of drug-likeness (QED) is 0.700. The Labute approximate surface area is 128 Å². The molecule has 0 bridgehead atoms. The fourth-order valence-corrected chi connectivity index (χ4v) is 2.93. The second-order valence-electron chi connectivity index (χ2n) is 4.66. The predicted octanol–water partition coefficient (Wildman–Crippen LogP) is 4.48. The van der Waals surface area contributed by atoms with E-state index < -0.39 is 0 Å². The minimum Gasteiger partial charge on any atom is -0.407 e. The molecular formula is C17H19NO2S. The molecule has 0 atom stereocenters. The van der Waals surface area contributed by atoms with Crippen molar-refractivity contribution >= 4 is 21.6 Å². The molecule has 21 heavy (non-hydrogen) atoms. The van der Waals surface area contributed by atoms with Crippen molar-refractivity contribution in [1.29, 1.82) is 0 Å². The van der Waals surface area contributed by atoms with Crippen LogP contribution in [0.3, 0.4) is 0 Å². The summed E-state index contributed by atoms with van der Waals surface area (Å²) >= 11 is 1.48. The van der Waals surface area contributed by atoms with Crippen molar-refractivity contribution in [1.82, 2.24) is 4.98 Å². The number of aromatic nitrogens is 1. The fourth-order valence-electron chi connectivity index (χ4n) is 2.01. The van der Waals surface area contributed by atoms with E-state index in [0.29, 0.717) is 17.7 Å². The lowest BCUT2D eigenvalue weighted by atomic mass is 10.1. The Hall–Kier alpha value is -1.94. The fraction of sp³-hybridized carbons (Fsp3) is 0.294. The Morgan fingerprint density at radius 2 is 1.81 bits per heavy atom. The number of thiophene rings is 1. The molecule has 0 saturated heterocycles. The molecule has 0 saturated carbocycles. The molecule has 3 rings (SSSR count). The van der Waals surface area contributed by atoms with E-state index in [2.05, 4.69) is 4.98 Å². The molecule has 0 amide bonds. The summed E-state index contributed by atoms with van der Waals surface area (Å²) in [5.41, 5.74) is 2.95. The Kier molecular flexibility index (Phi) is 4.91. The van der Waals surface area contributed by atoms with Crippen molar-refractivity contribution in [2.24, 2.45) is 0 Å². The van der Waals surface area contributed by atoms with Crippen LogP contribution in [0.4, 0.5) is 0 Å². The molecule has 1 aromatic carbocycles. The molecule has 3 aromatic rings. The maximum Gasteiger partial charge on any atom is 0.348 e. The molecule has 0 N–H and O–H groups in total. The molecule has 0 fully saturated rings. The van der Waals surface area contributed by atoms with E-state index in [-0.39, 0.29) is 5.63 Å². The minimum absolute atomic E-state index is 0.286. The first-order chi connectivity index (χ1) is 10.1. The van der Waals surface area contributed by atoms with Crippen LogP contribution >= 0.6 is 11.3 Å². The average Bonchev–Trinajstić information content (AvgIpc) is 2.85. The van der Waals surface area contributed by atoms with Gasteiger partial charge in [-0.25, -0.2) is 9.78 Å². The maximum atomic E-state index is 11.9. The normalized spacial score (nSPS) is 10.3. The van der Waals surface area contributed by atoms with Crippen molar-refractivity contribution in [2.75, 3.05) is 0 Å². The largest absolute Gasteiger partial charge is 0.407 e. The molecule has 2 heterocycles. The van der Waals surface area contributed by atoms with Gasteiger partial charge in [0.25, 0.3) is 0 Å². The molecule has 0 aliphatic carbocycles. The monoisotopic (exact) mass is 301 g/mol. The molecule has 0 unspecified atom stereocenters. The molecule has 0 aliphatic rings. The Balaban J connectivity index is 0.000000774. The van der Waals surface area contributed by atoms with Gasteiger partial charge >= 0.3 is 5.63 Å². The zero-order chi connectivity index (χ0) is 15.4. The summed E-state index contributed by atoms with van der Waals surface area (Å²) < 4.78 is 5.30. The van der Waals surface area contributed by atoms with Gasteiger partial charge in [0.1, 0.15) is 4.83 Å². The van der Waals surface area contributed by atoms with Gasteiger partial charge in [0.2, 0.25) is 5.89 Å². The van der Waals surface area contributed by atoms with E-state index in [1.807, 2.05) is 57.3 Å². The van der Waals surface area contributed by atoms with Gasteiger partial charge in [0.05, 0.1) is 5.39 Å². The molecule has 0 radical (unpaired) electrons. The van der Waals surface area contributed by atoms with E-state index in [4.69, 9.17) is 4.42 Å². The van der Waals surface area contributed by atoms with E-state index in [9.17, 15) is 4.79 Å². The maximum absolute atomic E-state index is 11.9. The van der Waals surface area contributed by atoms with E-state index in [1.165, 1.54) is 16.9 Å². The van der Waals surface area contributed by atoms with Crippen LogP contribution < -0.4 is 5.63 Å². The van der Waals surface area contributed by atoms with Crippen LogP contribution in [-0.2, 0) is 6.42 Å². The van der Waals surface area contributed by atoms with Gasteiger partial charge < -0.3 is 4.42 Å². The average molecular weight is 301 g/mol. The van der Waals surface area contributed by atoms with Crippen LogP contribution in [0.15, 0.2) is 38.9 Å². The van der Waals surface area contributed by atoms with Crippen LogP contribution in [0.1, 0.15) is 36.4 Å². The zero-order valence-electron chi connectivity index (χ0n) is 12.8. The first-order valence-corrected chi connectivity index (χ1v) is 7.95. The van der Waals surface area contributed by atoms with Gasteiger partial charge in [0, 0.05) is 6.42 Å². The zero-order valence-corrected chi connectivity index (χ0v) is 13.6. The summed E-state index contributed by atoms with van der Waals surface area (Å²) in [5.74, 6) is 0.475. The third kappa shape index (κ3) is 3.39. The number of nitrogens with zero attached hydrogens (tertiary/aromatic N) is 1. The highest BCUT2D eigenvalue weighted by atomic mass is 32.1. The summed E-state index contributed by atoms with van der Waals surface area (Å²) in [6.45, 7) is 7.94. The first-order valence-electron chi connectivity index (χ1n) is 7.07. The lowest BCUT2D eigenvalue weighted by Crippen LogP contribution is -2.05. The number of aryl methyl sites for hydroxylation is 2. The topological polar surface area (TPSA) is 43.1 Å². The summed E-state index contributed by atoms with van der Waals surface area (Å²) in [5, 5.41) is 2.54. The third-order valence-electron chi connectivity index (χ3n) is 3.07. The Morgan fingerprint density at radius 1 is 1.14 bits per heavy atom. The first kappa shape index (κ1) is 15.4. The van der Waals surface area contributed by atoms with Crippen LogP contribution in [0, 0.1) is 13.8 Å².